The van der Waals surface area contributed by atoms with Crippen LogP contribution in [-0.4, -0.2) is 24.8 Å². The second-order valence-electron chi connectivity index (χ2n) is 7.93. The average molecular weight is 415 g/mol. The average Bonchev–Trinajstić information content (AvgIpc) is 3.45. The van der Waals surface area contributed by atoms with Gasteiger partial charge in [-0.25, -0.2) is 9.48 Å². The molecule has 0 radical (unpaired) electrons. The van der Waals surface area contributed by atoms with E-state index in [1.807, 2.05) is 66.2 Å². The number of aryl methyl sites for hydroxylation is 2. The molecule has 1 aliphatic rings. The summed E-state index contributed by atoms with van der Waals surface area (Å²) in [4.78, 5) is 26.1. The highest BCUT2D eigenvalue weighted by Crippen LogP contribution is 2.31. The van der Waals surface area contributed by atoms with Crippen molar-refractivity contribution in [3.8, 4) is 5.69 Å². The van der Waals surface area contributed by atoms with E-state index in [1.54, 1.807) is 9.13 Å². The van der Waals surface area contributed by atoms with E-state index in [-0.39, 0.29) is 18.1 Å². The first kappa shape index (κ1) is 19.4. The number of nitrogens with zero attached hydrogens (tertiary/aromatic N) is 4. The van der Waals surface area contributed by atoms with Gasteiger partial charge < -0.3 is 5.32 Å². The van der Waals surface area contributed by atoms with Crippen LogP contribution in [0.1, 0.15) is 31.0 Å². The lowest BCUT2D eigenvalue weighted by Gasteiger charge is -2.11. The van der Waals surface area contributed by atoms with Gasteiger partial charge in [0.2, 0.25) is 5.91 Å². The Labute approximate surface area is 179 Å². The van der Waals surface area contributed by atoms with Gasteiger partial charge in [0.1, 0.15) is 12.4 Å². The molecule has 31 heavy (non-hydrogen) atoms. The molecule has 0 bridgehead atoms. The number of benzene rings is 2. The lowest BCUT2D eigenvalue weighted by molar-refractivity contribution is -0.116. The van der Waals surface area contributed by atoms with Gasteiger partial charge in [0.05, 0.1) is 22.4 Å². The molecule has 0 saturated carbocycles. The molecule has 5 rings (SSSR count). The Kier molecular flexibility index (Phi) is 4.94. The maximum Gasteiger partial charge on any atom is 0.329 e. The van der Waals surface area contributed by atoms with Gasteiger partial charge in [-0.05, 0) is 49.9 Å². The smallest absolute Gasteiger partial charge is 0.309 e. The number of para-hydroxylation sites is 3. The summed E-state index contributed by atoms with van der Waals surface area (Å²) in [5, 5.41) is 7.81. The second-order valence-corrected chi connectivity index (χ2v) is 7.93. The van der Waals surface area contributed by atoms with Crippen molar-refractivity contribution >= 4 is 22.8 Å². The highest BCUT2D eigenvalue weighted by molar-refractivity contribution is 5.92. The van der Waals surface area contributed by atoms with Crippen LogP contribution in [0.3, 0.4) is 0 Å². The highest BCUT2D eigenvalue weighted by atomic mass is 16.2. The molecule has 7 heteroatoms. The summed E-state index contributed by atoms with van der Waals surface area (Å²) in [7, 11) is 0. The molecule has 7 nitrogen and oxygen atoms in total. The zero-order valence-corrected chi connectivity index (χ0v) is 17.5. The molecular formula is C24H25N5O2. The van der Waals surface area contributed by atoms with E-state index in [4.69, 9.17) is 5.10 Å². The number of nitrogens with one attached hydrogen (secondary N) is 1. The molecule has 158 valence electrons. The first-order chi connectivity index (χ1) is 15.2. The molecule has 0 saturated heterocycles. The lowest BCUT2D eigenvalue weighted by atomic mass is 10.2. The van der Waals surface area contributed by atoms with E-state index < -0.39 is 0 Å². The highest BCUT2D eigenvalue weighted by Gasteiger charge is 2.25. The number of imidazole rings is 1. The Hall–Kier alpha value is -3.61. The number of fused-ring (bicyclic) bond motifs is 2. The van der Waals surface area contributed by atoms with E-state index in [2.05, 4.69) is 5.32 Å². The van der Waals surface area contributed by atoms with Crippen molar-refractivity contribution in [3.05, 3.63) is 76.3 Å². The minimum Gasteiger partial charge on any atom is -0.309 e. The lowest BCUT2D eigenvalue weighted by Crippen LogP contribution is -2.30. The molecule has 2 aromatic heterocycles. The third-order valence-electron chi connectivity index (χ3n) is 5.84. The van der Waals surface area contributed by atoms with Crippen LogP contribution in [0.5, 0.6) is 0 Å². The molecular weight excluding hydrogens is 390 g/mol. The van der Waals surface area contributed by atoms with Crippen LogP contribution in [0.25, 0.3) is 16.7 Å². The maximum atomic E-state index is 13.1. The Balaban J connectivity index is 1.49. The number of anilines is 1. The van der Waals surface area contributed by atoms with E-state index in [0.717, 1.165) is 53.7 Å². The fourth-order valence-electron chi connectivity index (χ4n) is 4.46. The number of amides is 1. The van der Waals surface area contributed by atoms with Gasteiger partial charge in [0, 0.05) is 12.1 Å². The Morgan fingerprint density at radius 2 is 1.71 bits per heavy atom. The summed E-state index contributed by atoms with van der Waals surface area (Å²) in [5.41, 5.74) is 4.52. The van der Waals surface area contributed by atoms with Crippen molar-refractivity contribution in [1.29, 1.82) is 0 Å². The van der Waals surface area contributed by atoms with Gasteiger partial charge in [-0.1, -0.05) is 37.3 Å². The van der Waals surface area contributed by atoms with Gasteiger partial charge in [-0.3, -0.25) is 13.9 Å². The molecule has 1 aliphatic carbocycles. The van der Waals surface area contributed by atoms with Crippen molar-refractivity contribution in [2.24, 2.45) is 0 Å². The van der Waals surface area contributed by atoms with Crippen molar-refractivity contribution in [3.63, 3.8) is 0 Å². The van der Waals surface area contributed by atoms with Gasteiger partial charge in [-0.2, -0.15) is 5.10 Å². The largest absolute Gasteiger partial charge is 0.329 e. The van der Waals surface area contributed by atoms with E-state index in [0.29, 0.717) is 12.4 Å². The molecule has 2 aromatic carbocycles. The third-order valence-corrected chi connectivity index (χ3v) is 5.84. The SMILES string of the molecule is CCCn1c(=O)n(CC(=O)Nc2c3c(nn2-c2ccccc2)CCC3)c2ccccc21. The summed E-state index contributed by atoms with van der Waals surface area (Å²) in [6.45, 7) is 2.63. The van der Waals surface area contributed by atoms with Crippen LogP contribution in [-0.2, 0) is 30.7 Å². The van der Waals surface area contributed by atoms with E-state index >= 15 is 0 Å². The van der Waals surface area contributed by atoms with Crippen LogP contribution in [0, 0.1) is 0 Å². The molecule has 1 amide bonds. The predicted octanol–water partition coefficient (Wildman–Crippen LogP) is 3.53. The van der Waals surface area contributed by atoms with E-state index in [1.165, 1.54) is 0 Å². The van der Waals surface area contributed by atoms with Gasteiger partial charge in [-0.15, -0.1) is 0 Å². The second kappa shape index (κ2) is 7.91. The fourth-order valence-corrected chi connectivity index (χ4v) is 4.46. The Morgan fingerprint density at radius 1 is 1.00 bits per heavy atom. The standard InChI is InChI=1S/C24H25N5O2/c1-2-15-27-20-13-6-7-14-21(20)28(24(27)31)16-22(30)25-23-18-11-8-12-19(18)26-29(23)17-9-4-3-5-10-17/h3-7,9-10,13-14H,2,8,11-12,15-16H2,1H3,(H,25,30). The molecule has 2 heterocycles. The molecule has 0 unspecified atom stereocenters. The zero-order chi connectivity index (χ0) is 21.4. The molecule has 0 aliphatic heterocycles. The van der Waals surface area contributed by atoms with Gasteiger partial charge in [0.15, 0.2) is 0 Å². The number of hydrogen-bond donors (Lipinski definition) is 1. The van der Waals surface area contributed by atoms with Crippen molar-refractivity contribution in [1.82, 2.24) is 18.9 Å². The van der Waals surface area contributed by atoms with Crippen molar-refractivity contribution in [2.75, 3.05) is 5.32 Å². The van der Waals surface area contributed by atoms with Crippen LogP contribution in [0.4, 0.5) is 5.82 Å². The molecule has 0 atom stereocenters. The van der Waals surface area contributed by atoms with E-state index in [9.17, 15) is 9.59 Å². The summed E-state index contributed by atoms with van der Waals surface area (Å²) < 4.78 is 5.11. The zero-order valence-electron chi connectivity index (χ0n) is 17.5. The quantitative estimate of drug-likeness (QED) is 0.524. The normalized spacial score (nSPS) is 12.9. The predicted molar refractivity (Wildman–Crippen MR) is 121 cm³/mol. The molecule has 0 spiro atoms. The van der Waals surface area contributed by atoms with Crippen molar-refractivity contribution in [2.45, 2.75) is 45.7 Å². The summed E-state index contributed by atoms with van der Waals surface area (Å²) >= 11 is 0. The first-order valence-electron chi connectivity index (χ1n) is 10.8. The van der Waals surface area contributed by atoms with Crippen LogP contribution in [0.15, 0.2) is 59.4 Å². The molecule has 1 N–H and O–H groups in total. The first-order valence-corrected chi connectivity index (χ1v) is 10.8. The van der Waals surface area contributed by atoms with Gasteiger partial charge in [0.25, 0.3) is 0 Å². The third kappa shape index (κ3) is 3.36. The summed E-state index contributed by atoms with van der Waals surface area (Å²) in [6.07, 6.45) is 3.71. The Morgan fingerprint density at radius 3 is 2.45 bits per heavy atom. The monoisotopic (exact) mass is 415 g/mol. The minimum atomic E-state index is -0.228. The fraction of sp³-hybridized carbons (Fsp3) is 0.292. The van der Waals surface area contributed by atoms with Crippen molar-refractivity contribution < 1.29 is 4.79 Å². The molecule has 0 fully saturated rings. The minimum absolute atomic E-state index is 0.0369. The number of rotatable bonds is 6. The number of carbonyl (C=O) groups is 1. The number of carbonyl (C=O) groups excluding carboxylic acids is 1. The maximum absolute atomic E-state index is 13.1. The van der Waals surface area contributed by atoms with Gasteiger partial charge >= 0.3 is 5.69 Å². The van der Waals surface area contributed by atoms with Crippen LogP contribution >= 0.6 is 0 Å². The summed E-state index contributed by atoms with van der Waals surface area (Å²) in [6, 6.07) is 17.4. The number of aromatic nitrogens is 4. The topological polar surface area (TPSA) is 73.8 Å². The Bertz CT molecular complexity index is 1310. The number of hydrogen-bond acceptors (Lipinski definition) is 3. The van der Waals surface area contributed by atoms with Crippen LogP contribution < -0.4 is 11.0 Å². The summed E-state index contributed by atoms with van der Waals surface area (Å²) in [5.74, 6) is 0.488. The molecule has 4 aromatic rings. The van der Waals surface area contributed by atoms with Crippen LogP contribution in [0.2, 0.25) is 0 Å².